The van der Waals surface area contributed by atoms with Crippen LogP contribution in [-0.4, -0.2) is 6.21 Å². The molecule has 0 rings (SSSR count). The summed E-state index contributed by atoms with van der Waals surface area (Å²) in [4.78, 5) is 3.83. The first-order valence-electron chi connectivity index (χ1n) is 3.22. The topological polar surface area (TPSA) is 12.4 Å². The molecule has 0 saturated carbocycles. The Labute approximate surface area is 62.9 Å². The monoisotopic (exact) mass is 135 g/mol. The molecular formula is C9H13N. The number of hydrogen-bond donors (Lipinski definition) is 0. The summed E-state index contributed by atoms with van der Waals surface area (Å²) in [7, 11) is 0. The van der Waals surface area contributed by atoms with E-state index in [1.165, 1.54) is 6.21 Å². The number of aliphatic imine (C=N–C) groups is 1. The first kappa shape index (κ1) is 8.97. The first-order valence-corrected chi connectivity index (χ1v) is 3.22. The smallest absolute Gasteiger partial charge is 0.0763 e. The van der Waals surface area contributed by atoms with Crippen LogP contribution in [0.2, 0.25) is 0 Å². The molecule has 0 radical (unpaired) electrons. The van der Waals surface area contributed by atoms with Crippen molar-refractivity contribution in [2.75, 3.05) is 0 Å². The second-order valence-corrected chi connectivity index (χ2v) is 3.13. The van der Waals surface area contributed by atoms with Gasteiger partial charge in [0.05, 0.1) is 6.21 Å². The third kappa shape index (κ3) is 6.97. The predicted molar refractivity (Wildman–Crippen MR) is 45.9 cm³/mol. The van der Waals surface area contributed by atoms with Crippen molar-refractivity contribution in [1.82, 2.24) is 0 Å². The molecule has 0 atom stereocenters. The van der Waals surface area contributed by atoms with Gasteiger partial charge in [-0.25, -0.2) is 0 Å². The highest BCUT2D eigenvalue weighted by atomic mass is 14.7. The van der Waals surface area contributed by atoms with Crippen molar-refractivity contribution in [2.45, 2.75) is 20.8 Å². The number of hydrogen-bond acceptors (Lipinski definition) is 1. The quantitative estimate of drug-likeness (QED) is 0.386. The molecule has 0 aliphatic heterocycles. The first-order chi connectivity index (χ1) is 4.56. The van der Waals surface area contributed by atoms with Crippen LogP contribution in [0, 0.1) is 17.8 Å². The minimum Gasteiger partial charge on any atom is -0.256 e. The fraction of sp³-hybridized carbons (Fsp3) is 0.444. The van der Waals surface area contributed by atoms with Gasteiger partial charge in [-0.15, -0.1) is 6.42 Å². The van der Waals surface area contributed by atoms with E-state index in [0.29, 0.717) is 0 Å². The highest BCUT2D eigenvalue weighted by Crippen LogP contribution is 2.13. The van der Waals surface area contributed by atoms with Crippen molar-refractivity contribution < 1.29 is 0 Å². The Kier molecular flexibility index (Phi) is 3.49. The fourth-order valence-electron chi connectivity index (χ4n) is 0.353. The summed E-state index contributed by atoms with van der Waals surface area (Å²) in [5, 5.41) is 0. The Morgan fingerprint density at radius 3 is 2.40 bits per heavy atom. The second kappa shape index (κ2) is 3.90. The SMILES string of the molecule is C#CC=N/C=C/C(C)(C)C. The molecule has 0 aromatic heterocycles. The zero-order chi connectivity index (χ0) is 8.04. The van der Waals surface area contributed by atoms with Gasteiger partial charge >= 0.3 is 0 Å². The summed E-state index contributed by atoms with van der Waals surface area (Å²) in [5.74, 6) is 2.31. The summed E-state index contributed by atoms with van der Waals surface area (Å²) in [6.07, 6.45) is 10.1. The molecule has 0 bridgehead atoms. The lowest BCUT2D eigenvalue weighted by molar-refractivity contribution is 0.543. The van der Waals surface area contributed by atoms with Crippen molar-refractivity contribution in [2.24, 2.45) is 10.4 Å². The maximum atomic E-state index is 4.95. The van der Waals surface area contributed by atoms with E-state index < -0.39 is 0 Å². The van der Waals surface area contributed by atoms with Gasteiger partial charge < -0.3 is 0 Å². The standard InChI is InChI=1S/C9H13N/c1-5-7-10-8-6-9(2,3)4/h1,6-8H,2-4H3/b8-6+,10-7?. The molecule has 0 spiro atoms. The Bertz CT molecular complexity index is 174. The second-order valence-electron chi connectivity index (χ2n) is 3.13. The van der Waals surface area contributed by atoms with E-state index in [9.17, 15) is 0 Å². The van der Waals surface area contributed by atoms with Crippen LogP contribution in [0.5, 0.6) is 0 Å². The van der Waals surface area contributed by atoms with E-state index in [1.54, 1.807) is 6.20 Å². The van der Waals surface area contributed by atoms with Gasteiger partial charge in [0, 0.05) is 6.20 Å². The van der Waals surface area contributed by atoms with Crippen LogP contribution in [0.3, 0.4) is 0 Å². The maximum absolute atomic E-state index is 4.95. The molecule has 0 N–H and O–H groups in total. The number of nitrogens with zero attached hydrogens (tertiary/aromatic N) is 1. The summed E-state index contributed by atoms with van der Waals surface area (Å²) in [5.41, 5.74) is 0.186. The molecule has 0 aliphatic carbocycles. The van der Waals surface area contributed by atoms with Crippen LogP contribution in [-0.2, 0) is 0 Å². The van der Waals surface area contributed by atoms with Crippen LogP contribution >= 0.6 is 0 Å². The van der Waals surface area contributed by atoms with Gasteiger partial charge in [0.2, 0.25) is 0 Å². The van der Waals surface area contributed by atoms with E-state index in [2.05, 4.69) is 31.7 Å². The molecule has 10 heavy (non-hydrogen) atoms. The summed E-state index contributed by atoms with van der Waals surface area (Å²) in [6, 6.07) is 0. The van der Waals surface area contributed by atoms with Crippen molar-refractivity contribution >= 4 is 6.21 Å². The normalized spacial score (nSPS) is 12.6. The maximum Gasteiger partial charge on any atom is 0.0763 e. The average molecular weight is 135 g/mol. The molecule has 0 unspecified atom stereocenters. The highest BCUT2D eigenvalue weighted by Gasteiger charge is 2.01. The molecule has 0 fully saturated rings. The van der Waals surface area contributed by atoms with E-state index in [4.69, 9.17) is 6.42 Å². The van der Waals surface area contributed by atoms with E-state index in [-0.39, 0.29) is 5.41 Å². The highest BCUT2D eigenvalue weighted by molar-refractivity contribution is 5.77. The van der Waals surface area contributed by atoms with Crippen LogP contribution < -0.4 is 0 Å². The molecule has 0 aliphatic rings. The molecule has 0 heterocycles. The van der Waals surface area contributed by atoms with Crippen LogP contribution in [0.4, 0.5) is 0 Å². The predicted octanol–water partition coefficient (Wildman–Crippen LogP) is 2.25. The summed E-state index contributed by atoms with van der Waals surface area (Å²) in [6.45, 7) is 6.32. The molecule has 1 nitrogen and oxygen atoms in total. The minimum absolute atomic E-state index is 0.186. The van der Waals surface area contributed by atoms with Crippen molar-refractivity contribution in [3.63, 3.8) is 0 Å². The fourth-order valence-corrected chi connectivity index (χ4v) is 0.353. The van der Waals surface area contributed by atoms with Crippen molar-refractivity contribution in [3.05, 3.63) is 12.3 Å². The van der Waals surface area contributed by atoms with Gasteiger partial charge in [-0.1, -0.05) is 32.8 Å². The Balaban J connectivity index is 3.81. The number of allylic oxidation sites excluding steroid dienone is 1. The number of terminal acetylenes is 1. The molecule has 0 aromatic rings. The van der Waals surface area contributed by atoms with Crippen LogP contribution in [0.1, 0.15) is 20.8 Å². The Morgan fingerprint density at radius 2 is 2.00 bits per heavy atom. The lowest BCUT2D eigenvalue weighted by atomic mass is 9.97. The molecular weight excluding hydrogens is 122 g/mol. The Morgan fingerprint density at radius 1 is 1.40 bits per heavy atom. The van der Waals surface area contributed by atoms with Crippen molar-refractivity contribution in [1.29, 1.82) is 0 Å². The van der Waals surface area contributed by atoms with Gasteiger partial charge in [0.25, 0.3) is 0 Å². The van der Waals surface area contributed by atoms with E-state index >= 15 is 0 Å². The summed E-state index contributed by atoms with van der Waals surface area (Å²) >= 11 is 0. The molecule has 0 amide bonds. The number of rotatable bonds is 1. The average Bonchev–Trinajstić information content (AvgIpc) is 1.78. The molecule has 54 valence electrons. The van der Waals surface area contributed by atoms with Crippen LogP contribution in [0.15, 0.2) is 17.3 Å². The van der Waals surface area contributed by atoms with Crippen molar-refractivity contribution in [3.8, 4) is 12.3 Å². The molecule has 1 heteroatoms. The van der Waals surface area contributed by atoms with Crippen LogP contribution in [0.25, 0.3) is 0 Å². The van der Waals surface area contributed by atoms with E-state index in [0.717, 1.165) is 0 Å². The van der Waals surface area contributed by atoms with Gasteiger partial charge in [-0.3, -0.25) is 4.99 Å². The Hall–Kier alpha value is -1.03. The van der Waals surface area contributed by atoms with Gasteiger partial charge in [-0.2, -0.15) is 0 Å². The zero-order valence-corrected chi connectivity index (χ0v) is 6.76. The molecule has 0 saturated heterocycles. The van der Waals surface area contributed by atoms with Gasteiger partial charge in [-0.05, 0) is 5.41 Å². The van der Waals surface area contributed by atoms with E-state index in [1.807, 2.05) is 6.08 Å². The minimum atomic E-state index is 0.186. The molecule has 0 aromatic carbocycles. The van der Waals surface area contributed by atoms with Gasteiger partial charge in [0.15, 0.2) is 0 Å². The lowest BCUT2D eigenvalue weighted by Crippen LogP contribution is -1.97. The van der Waals surface area contributed by atoms with Gasteiger partial charge in [0.1, 0.15) is 0 Å². The lowest BCUT2D eigenvalue weighted by Gasteiger charge is -2.09. The third-order valence-electron chi connectivity index (χ3n) is 0.810. The zero-order valence-electron chi connectivity index (χ0n) is 6.76. The third-order valence-corrected chi connectivity index (χ3v) is 0.810. The summed E-state index contributed by atoms with van der Waals surface area (Å²) < 4.78 is 0. The largest absolute Gasteiger partial charge is 0.256 e.